The average Bonchev–Trinajstić information content (AvgIpc) is 2.95. The standard InChI is InChI=1S/C30H27ClF5N3O2S/c1-5-16-22(23-19(32)7-6-8-21(23)41-3)18(31)13-17-20(9-10-37-28(16)17)39-12-11-38(14-15(39)2)29-24(33)26(35)30(42(4)40)27(36)25(29)34/h6-10,13,15H,5,11-12,14H2,1-4H3/t15-,42?/m0/s1. The number of hydrogen-bond acceptors (Lipinski definition) is 5. The topological polar surface area (TPSA) is 45.7 Å². The average molecular weight is 624 g/mol. The largest absolute Gasteiger partial charge is 0.496 e. The first-order valence-electron chi connectivity index (χ1n) is 13.2. The smallest absolute Gasteiger partial charge is 0.186 e. The van der Waals surface area contributed by atoms with Crippen molar-refractivity contribution in [1.82, 2.24) is 4.98 Å². The zero-order chi connectivity index (χ0) is 30.5. The molecular weight excluding hydrogens is 597 g/mol. The van der Waals surface area contributed by atoms with Crippen LogP contribution in [0.15, 0.2) is 41.4 Å². The molecular formula is C30H27ClF5N3O2S. The van der Waals surface area contributed by atoms with Crippen LogP contribution >= 0.6 is 11.6 Å². The van der Waals surface area contributed by atoms with Crippen LogP contribution in [-0.4, -0.2) is 48.2 Å². The zero-order valence-electron chi connectivity index (χ0n) is 23.2. The molecule has 1 aliphatic rings. The number of rotatable bonds is 6. The summed E-state index contributed by atoms with van der Waals surface area (Å²) in [5.74, 6) is -6.64. The molecule has 4 aromatic rings. The van der Waals surface area contributed by atoms with Gasteiger partial charge in [0.1, 0.15) is 22.1 Å². The minimum atomic E-state index is -2.26. The van der Waals surface area contributed by atoms with E-state index in [1.54, 1.807) is 30.5 Å². The molecule has 222 valence electrons. The van der Waals surface area contributed by atoms with Gasteiger partial charge < -0.3 is 14.5 Å². The second kappa shape index (κ2) is 11.7. The summed E-state index contributed by atoms with van der Waals surface area (Å²) in [6, 6.07) is 7.68. The van der Waals surface area contributed by atoms with Gasteiger partial charge in [0.2, 0.25) is 0 Å². The number of aryl methyl sites for hydroxylation is 1. The van der Waals surface area contributed by atoms with Crippen LogP contribution in [0, 0.1) is 29.1 Å². The molecule has 1 unspecified atom stereocenters. The number of nitrogens with zero attached hydrogens (tertiary/aromatic N) is 3. The van der Waals surface area contributed by atoms with Crippen molar-refractivity contribution >= 4 is 44.7 Å². The normalized spacial score (nSPS) is 16.3. The van der Waals surface area contributed by atoms with E-state index in [2.05, 4.69) is 4.98 Å². The molecule has 42 heavy (non-hydrogen) atoms. The second-order valence-electron chi connectivity index (χ2n) is 9.99. The number of hydrogen-bond donors (Lipinski definition) is 0. The van der Waals surface area contributed by atoms with Gasteiger partial charge in [0, 0.05) is 59.8 Å². The number of anilines is 2. The van der Waals surface area contributed by atoms with Crippen molar-refractivity contribution in [1.29, 1.82) is 0 Å². The van der Waals surface area contributed by atoms with Gasteiger partial charge in [-0.05, 0) is 43.2 Å². The number of benzene rings is 3. The molecule has 0 spiro atoms. The summed E-state index contributed by atoms with van der Waals surface area (Å²) < 4.78 is 91.3. The van der Waals surface area contributed by atoms with E-state index in [1.165, 1.54) is 18.1 Å². The predicted octanol–water partition coefficient (Wildman–Crippen LogP) is 7.27. The molecule has 12 heteroatoms. The van der Waals surface area contributed by atoms with Crippen molar-refractivity contribution in [3.8, 4) is 16.9 Å². The van der Waals surface area contributed by atoms with Gasteiger partial charge in [-0.3, -0.25) is 9.19 Å². The molecule has 5 rings (SSSR count). The third-order valence-corrected chi connectivity index (χ3v) is 8.84. The van der Waals surface area contributed by atoms with E-state index < -0.39 is 50.5 Å². The first kappa shape index (κ1) is 30.0. The van der Waals surface area contributed by atoms with Crippen LogP contribution in [0.2, 0.25) is 5.02 Å². The summed E-state index contributed by atoms with van der Waals surface area (Å²) in [6.07, 6.45) is 3.06. The summed E-state index contributed by atoms with van der Waals surface area (Å²) in [5, 5.41) is 0.995. The maximum Gasteiger partial charge on any atom is 0.186 e. The summed E-state index contributed by atoms with van der Waals surface area (Å²) in [7, 11) is -0.806. The van der Waals surface area contributed by atoms with Crippen molar-refractivity contribution < 1.29 is 30.9 Å². The van der Waals surface area contributed by atoms with Crippen LogP contribution in [0.1, 0.15) is 19.4 Å². The number of piperazine rings is 1. The molecule has 0 amide bonds. The number of halogens is 6. The molecule has 2 atom stereocenters. The van der Waals surface area contributed by atoms with Crippen LogP contribution in [0.25, 0.3) is 22.0 Å². The van der Waals surface area contributed by atoms with E-state index in [-0.39, 0.29) is 31.2 Å². The maximum absolute atomic E-state index is 15.1. The SMILES string of the molecule is CCc1c(-c2c(F)cccc2OC)c(Cl)cc2c(N3CCN(c4c(F)c(F)c(S(C)=O)c(F)c4F)C[C@@H]3C)ccnc12. The van der Waals surface area contributed by atoms with Crippen molar-refractivity contribution in [2.75, 3.05) is 42.8 Å². The summed E-state index contributed by atoms with van der Waals surface area (Å²) >= 11 is 6.82. The molecule has 1 aromatic heterocycles. The quantitative estimate of drug-likeness (QED) is 0.167. The van der Waals surface area contributed by atoms with E-state index in [0.29, 0.717) is 33.7 Å². The van der Waals surface area contributed by atoms with Crippen LogP contribution in [0.3, 0.4) is 0 Å². The number of aromatic nitrogens is 1. The molecule has 0 saturated carbocycles. The monoisotopic (exact) mass is 623 g/mol. The fraction of sp³-hybridized carbons (Fsp3) is 0.300. The maximum atomic E-state index is 15.1. The van der Waals surface area contributed by atoms with E-state index in [0.717, 1.165) is 17.5 Å². The lowest BCUT2D eigenvalue weighted by Crippen LogP contribution is -2.52. The lowest BCUT2D eigenvalue weighted by atomic mass is 9.93. The van der Waals surface area contributed by atoms with Gasteiger partial charge in [-0.2, -0.15) is 0 Å². The molecule has 0 radical (unpaired) electrons. The van der Waals surface area contributed by atoms with Crippen molar-refractivity contribution in [2.45, 2.75) is 31.2 Å². The molecule has 2 heterocycles. The number of ether oxygens (including phenoxy) is 1. The Morgan fingerprint density at radius 1 is 1.05 bits per heavy atom. The highest BCUT2D eigenvalue weighted by Gasteiger charge is 2.34. The lowest BCUT2D eigenvalue weighted by Gasteiger charge is -2.42. The molecule has 0 N–H and O–H groups in total. The van der Waals surface area contributed by atoms with Gasteiger partial charge >= 0.3 is 0 Å². The van der Waals surface area contributed by atoms with Gasteiger partial charge in [0.15, 0.2) is 23.3 Å². The van der Waals surface area contributed by atoms with E-state index in [4.69, 9.17) is 16.3 Å². The molecule has 3 aromatic carbocycles. The van der Waals surface area contributed by atoms with Gasteiger partial charge in [0.25, 0.3) is 0 Å². The minimum absolute atomic E-state index is 0.0317. The number of methoxy groups -OCH3 is 1. The Balaban J connectivity index is 1.56. The molecule has 0 aliphatic carbocycles. The third kappa shape index (κ3) is 4.86. The van der Waals surface area contributed by atoms with Crippen LogP contribution in [0.5, 0.6) is 5.75 Å². The Hall–Kier alpha value is -3.44. The van der Waals surface area contributed by atoms with Crippen LogP contribution in [-0.2, 0) is 17.2 Å². The van der Waals surface area contributed by atoms with Crippen LogP contribution < -0.4 is 14.5 Å². The van der Waals surface area contributed by atoms with Gasteiger partial charge in [-0.25, -0.2) is 22.0 Å². The zero-order valence-corrected chi connectivity index (χ0v) is 24.8. The Bertz CT molecular complexity index is 1710. The minimum Gasteiger partial charge on any atom is -0.496 e. The van der Waals surface area contributed by atoms with Crippen molar-refractivity contribution in [3.05, 3.63) is 76.2 Å². The highest BCUT2D eigenvalue weighted by molar-refractivity contribution is 7.84. The molecule has 1 aliphatic heterocycles. The van der Waals surface area contributed by atoms with E-state index >= 15 is 4.39 Å². The Kier molecular flexibility index (Phi) is 8.35. The lowest BCUT2D eigenvalue weighted by molar-refractivity contribution is 0.413. The van der Waals surface area contributed by atoms with Gasteiger partial charge in [-0.15, -0.1) is 0 Å². The highest BCUT2D eigenvalue weighted by Crippen LogP contribution is 2.44. The fourth-order valence-electron chi connectivity index (χ4n) is 5.74. The van der Waals surface area contributed by atoms with E-state index in [9.17, 15) is 21.8 Å². The Morgan fingerprint density at radius 2 is 1.74 bits per heavy atom. The molecule has 5 nitrogen and oxygen atoms in total. The van der Waals surface area contributed by atoms with Crippen molar-refractivity contribution in [2.24, 2.45) is 0 Å². The third-order valence-electron chi connectivity index (χ3n) is 7.60. The number of pyridine rings is 1. The van der Waals surface area contributed by atoms with E-state index in [1.807, 2.05) is 18.7 Å². The van der Waals surface area contributed by atoms with Gasteiger partial charge in [0.05, 0.1) is 29.0 Å². The molecule has 1 saturated heterocycles. The van der Waals surface area contributed by atoms with Crippen LogP contribution in [0.4, 0.5) is 33.3 Å². The summed E-state index contributed by atoms with van der Waals surface area (Å²) in [4.78, 5) is 6.73. The van der Waals surface area contributed by atoms with Gasteiger partial charge in [-0.1, -0.05) is 24.6 Å². The number of fused-ring (bicyclic) bond motifs is 1. The van der Waals surface area contributed by atoms with Crippen molar-refractivity contribution in [3.63, 3.8) is 0 Å². The molecule has 0 bridgehead atoms. The first-order valence-corrected chi connectivity index (χ1v) is 15.1. The predicted molar refractivity (Wildman–Crippen MR) is 156 cm³/mol. The second-order valence-corrected chi connectivity index (χ2v) is 11.7. The Morgan fingerprint density at radius 3 is 2.33 bits per heavy atom. The fourth-order valence-corrected chi connectivity index (χ4v) is 6.74. The highest BCUT2D eigenvalue weighted by atomic mass is 35.5. The Labute approximate surface area is 247 Å². The molecule has 1 fully saturated rings. The summed E-state index contributed by atoms with van der Waals surface area (Å²) in [6.45, 7) is 4.04. The summed E-state index contributed by atoms with van der Waals surface area (Å²) in [5.41, 5.74) is 1.96. The first-order chi connectivity index (χ1) is 20.0.